The van der Waals surface area contributed by atoms with Crippen molar-refractivity contribution in [3.05, 3.63) is 35.4 Å². The Bertz CT molecular complexity index is 889. The molecule has 1 aromatic rings. The van der Waals surface area contributed by atoms with Gasteiger partial charge in [0.25, 0.3) is 5.91 Å². The van der Waals surface area contributed by atoms with E-state index in [0.29, 0.717) is 52.0 Å². The summed E-state index contributed by atoms with van der Waals surface area (Å²) in [6, 6.07) is 4.81. The van der Waals surface area contributed by atoms with Crippen LogP contribution in [-0.4, -0.2) is 70.8 Å². The molecule has 2 saturated heterocycles. The summed E-state index contributed by atoms with van der Waals surface area (Å²) in [6.45, 7) is 3.15. The van der Waals surface area contributed by atoms with E-state index in [9.17, 15) is 27.6 Å². The van der Waals surface area contributed by atoms with E-state index in [1.165, 1.54) is 17.0 Å². The Morgan fingerprint density at radius 2 is 1.64 bits per heavy atom. The molecule has 2 aliphatic heterocycles. The van der Waals surface area contributed by atoms with Crippen molar-refractivity contribution in [2.24, 2.45) is 0 Å². The summed E-state index contributed by atoms with van der Waals surface area (Å²) in [4.78, 5) is 42.6. The van der Waals surface area contributed by atoms with Crippen molar-refractivity contribution in [3.63, 3.8) is 0 Å². The van der Waals surface area contributed by atoms with Crippen LogP contribution in [0.3, 0.4) is 0 Å². The first-order chi connectivity index (χ1) is 15.7. The molecular weight excluding hydrogens is 437 g/mol. The highest BCUT2D eigenvalue weighted by atomic mass is 19.4. The van der Waals surface area contributed by atoms with Crippen LogP contribution in [-0.2, 0) is 22.3 Å². The highest BCUT2D eigenvalue weighted by molar-refractivity contribution is 6.07. The number of rotatable bonds is 6. The second kappa shape index (κ2) is 9.32. The molecule has 1 spiro atoms. The first-order valence-corrected chi connectivity index (χ1v) is 11.5. The zero-order valence-corrected chi connectivity index (χ0v) is 18.5. The number of carbonyl (C=O) groups is 3. The van der Waals surface area contributed by atoms with E-state index in [0.717, 1.165) is 30.5 Å². The third-order valence-corrected chi connectivity index (χ3v) is 6.89. The van der Waals surface area contributed by atoms with E-state index in [1.807, 2.05) is 0 Å². The van der Waals surface area contributed by atoms with Gasteiger partial charge in [0, 0.05) is 45.7 Å². The van der Waals surface area contributed by atoms with Crippen LogP contribution in [0.4, 0.5) is 18.0 Å². The maximum Gasteiger partial charge on any atom is 0.416 e. The summed E-state index contributed by atoms with van der Waals surface area (Å²) in [5, 5.41) is 2.85. The largest absolute Gasteiger partial charge is 0.416 e. The summed E-state index contributed by atoms with van der Waals surface area (Å²) < 4.78 is 38.1. The second-order valence-electron chi connectivity index (χ2n) is 9.13. The van der Waals surface area contributed by atoms with Crippen molar-refractivity contribution in [1.29, 1.82) is 0 Å². The van der Waals surface area contributed by atoms with Crippen LogP contribution in [0.2, 0.25) is 0 Å². The lowest BCUT2D eigenvalue weighted by atomic mass is 9.98. The molecule has 180 valence electrons. The number of piperazine rings is 1. The van der Waals surface area contributed by atoms with E-state index in [1.54, 1.807) is 4.90 Å². The first-order valence-electron chi connectivity index (χ1n) is 11.5. The molecule has 0 unspecified atom stereocenters. The number of alkyl halides is 3. The topological polar surface area (TPSA) is 73.0 Å². The summed E-state index contributed by atoms with van der Waals surface area (Å²) in [7, 11) is 0. The Morgan fingerprint density at radius 1 is 1.00 bits per heavy atom. The van der Waals surface area contributed by atoms with Crippen LogP contribution in [0.1, 0.15) is 49.7 Å². The SMILES string of the molecule is O=C(CCCN1C(=O)NC2(CCCC2)C1=O)N1CCN(Cc2ccc(C(F)(F)F)cc2)CC1. The van der Waals surface area contributed by atoms with Crippen molar-refractivity contribution >= 4 is 17.8 Å². The lowest BCUT2D eigenvalue weighted by molar-refractivity contribution is -0.137. The highest BCUT2D eigenvalue weighted by Crippen LogP contribution is 2.35. The fraction of sp³-hybridized carbons (Fsp3) is 0.609. The Kier molecular flexibility index (Phi) is 6.65. The predicted molar refractivity (Wildman–Crippen MR) is 114 cm³/mol. The molecule has 4 rings (SSSR count). The number of hydrogen-bond donors (Lipinski definition) is 1. The zero-order valence-electron chi connectivity index (χ0n) is 18.5. The zero-order chi connectivity index (χ0) is 23.6. The lowest BCUT2D eigenvalue weighted by Gasteiger charge is -2.35. The minimum absolute atomic E-state index is 0.00758. The van der Waals surface area contributed by atoms with Gasteiger partial charge in [-0.25, -0.2) is 4.79 Å². The summed E-state index contributed by atoms with van der Waals surface area (Å²) in [5.74, 6) is -0.166. The molecule has 1 aromatic carbocycles. The van der Waals surface area contributed by atoms with Crippen LogP contribution < -0.4 is 5.32 Å². The molecule has 1 N–H and O–H groups in total. The van der Waals surface area contributed by atoms with Gasteiger partial charge in [-0.2, -0.15) is 13.2 Å². The number of nitrogens with one attached hydrogen (secondary N) is 1. The minimum Gasteiger partial charge on any atom is -0.340 e. The van der Waals surface area contributed by atoms with E-state index in [-0.39, 0.29) is 30.8 Å². The molecule has 0 radical (unpaired) electrons. The third-order valence-electron chi connectivity index (χ3n) is 6.89. The van der Waals surface area contributed by atoms with Gasteiger partial charge in [0.05, 0.1) is 5.56 Å². The van der Waals surface area contributed by atoms with Gasteiger partial charge in [-0.05, 0) is 37.0 Å². The maximum absolute atomic E-state index is 12.7. The number of nitrogens with zero attached hydrogens (tertiary/aromatic N) is 3. The minimum atomic E-state index is -4.34. The standard InChI is InChI=1S/C23H29F3N4O3/c24-23(25,26)18-7-5-17(6-8-18)16-28-12-14-29(15-13-28)19(31)4-3-11-30-20(32)22(27-21(30)33)9-1-2-10-22/h5-8H,1-4,9-16H2,(H,27,33). The molecular formula is C23H29F3N4O3. The second-order valence-corrected chi connectivity index (χ2v) is 9.13. The molecule has 2 heterocycles. The van der Waals surface area contributed by atoms with E-state index in [2.05, 4.69) is 10.2 Å². The summed E-state index contributed by atoms with van der Waals surface area (Å²) >= 11 is 0. The maximum atomic E-state index is 12.7. The molecule has 1 saturated carbocycles. The third kappa shape index (κ3) is 5.15. The van der Waals surface area contributed by atoms with Gasteiger partial charge in [-0.1, -0.05) is 25.0 Å². The van der Waals surface area contributed by atoms with Crippen molar-refractivity contribution in [3.8, 4) is 0 Å². The van der Waals surface area contributed by atoms with Crippen molar-refractivity contribution in [2.45, 2.75) is 56.8 Å². The van der Waals surface area contributed by atoms with Crippen molar-refractivity contribution in [2.75, 3.05) is 32.7 Å². The summed E-state index contributed by atoms with van der Waals surface area (Å²) in [6.07, 6.45) is -0.406. The van der Waals surface area contributed by atoms with Crippen LogP contribution in [0, 0.1) is 0 Å². The number of halogens is 3. The van der Waals surface area contributed by atoms with E-state index in [4.69, 9.17) is 0 Å². The number of amides is 4. The Hall–Kier alpha value is -2.62. The van der Waals surface area contributed by atoms with Gasteiger partial charge in [-0.15, -0.1) is 0 Å². The molecule has 7 nitrogen and oxygen atoms in total. The smallest absolute Gasteiger partial charge is 0.340 e. The monoisotopic (exact) mass is 466 g/mol. The molecule has 3 fully saturated rings. The number of hydrogen-bond acceptors (Lipinski definition) is 4. The van der Waals surface area contributed by atoms with Crippen LogP contribution in [0.15, 0.2) is 24.3 Å². The van der Waals surface area contributed by atoms with Crippen LogP contribution in [0.5, 0.6) is 0 Å². The molecule has 0 atom stereocenters. The Labute approximate surface area is 190 Å². The molecule has 3 aliphatic rings. The number of urea groups is 1. The van der Waals surface area contributed by atoms with Crippen molar-refractivity contribution in [1.82, 2.24) is 20.0 Å². The van der Waals surface area contributed by atoms with Gasteiger partial charge in [0.1, 0.15) is 5.54 Å². The number of carbonyl (C=O) groups excluding carboxylic acids is 3. The lowest BCUT2D eigenvalue weighted by Crippen LogP contribution is -2.48. The van der Waals surface area contributed by atoms with Gasteiger partial charge in [-0.3, -0.25) is 19.4 Å². The molecule has 33 heavy (non-hydrogen) atoms. The van der Waals surface area contributed by atoms with Crippen LogP contribution >= 0.6 is 0 Å². The molecule has 1 aliphatic carbocycles. The predicted octanol–water partition coefficient (Wildman–Crippen LogP) is 2.99. The Balaban J connectivity index is 1.18. The Morgan fingerprint density at radius 3 is 2.24 bits per heavy atom. The fourth-order valence-electron chi connectivity index (χ4n) is 4.96. The highest BCUT2D eigenvalue weighted by Gasteiger charge is 2.52. The number of imide groups is 1. The first kappa shape index (κ1) is 23.5. The van der Waals surface area contributed by atoms with Gasteiger partial charge in [0.15, 0.2) is 0 Å². The van der Waals surface area contributed by atoms with Gasteiger partial charge >= 0.3 is 12.2 Å². The van der Waals surface area contributed by atoms with Crippen molar-refractivity contribution < 1.29 is 27.6 Å². The van der Waals surface area contributed by atoms with E-state index >= 15 is 0 Å². The molecule has 4 amide bonds. The average Bonchev–Trinajstić information content (AvgIpc) is 3.34. The molecule has 0 bridgehead atoms. The number of benzene rings is 1. The van der Waals surface area contributed by atoms with Gasteiger partial charge < -0.3 is 10.2 Å². The quantitative estimate of drug-likeness (QED) is 0.655. The fourth-order valence-corrected chi connectivity index (χ4v) is 4.96. The van der Waals surface area contributed by atoms with Crippen LogP contribution in [0.25, 0.3) is 0 Å². The molecule has 0 aromatic heterocycles. The van der Waals surface area contributed by atoms with E-state index < -0.39 is 17.3 Å². The normalized spacial score (nSPS) is 21.2. The summed E-state index contributed by atoms with van der Waals surface area (Å²) in [5.41, 5.74) is -0.575. The average molecular weight is 467 g/mol. The van der Waals surface area contributed by atoms with Gasteiger partial charge in [0.2, 0.25) is 5.91 Å². The molecule has 10 heteroatoms.